The van der Waals surface area contributed by atoms with Gasteiger partial charge in [0.15, 0.2) is 6.10 Å². The molecule has 1 aromatic carbocycles. The second-order valence-electron chi connectivity index (χ2n) is 4.45. The molecule has 0 aliphatic rings. The minimum absolute atomic E-state index is 0.0250. The number of pyridine rings is 1. The number of aliphatic hydroxyl groups excluding tert-OH is 1. The van der Waals surface area contributed by atoms with Crippen molar-refractivity contribution in [3.05, 3.63) is 59.9 Å². The van der Waals surface area contributed by atoms with Gasteiger partial charge in [-0.3, -0.25) is 4.98 Å². The van der Waals surface area contributed by atoms with Gasteiger partial charge in [-0.15, -0.1) is 0 Å². The molecular weight excluding hydrogens is 240 g/mol. The molecule has 19 heavy (non-hydrogen) atoms. The SMILES string of the molecule is CC(N)C(Oc1ccc(CO)cc1)c1ccccn1. The summed E-state index contributed by atoms with van der Waals surface area (Å²) in [5, 5.41) is 9.01. The molecule has 0 aliphatic heterocycles. The molecule has 0 aliphatic carbocycles. The van der Waals surface area contributed by atoms with Crippen molar-refractivity contribution in [2.24, 2.45) is 5.73 Å². The molecule has 1 heterocycles. The second kappa shape index (κ2) is 6.31. The van der Waals surface area contributed by atoms with Crippen LogP contribution in [0.1, 0.15) is 24.3 Å². The molecule has 2 rings (SSSR count). The number of benzene rings is 1. The highest BCUT2D eigenvalue weighted by Gasteiger charge is 2.19. The van der Waals surface area contributed by atoms with E-state index in [-0.39, 0.29) is 18.8 Å². The monoisotopic (exact) mass is 258 g/mol. The lowest BCUT2D eigenvalue weighted by Crippen LogP contribution is -2.29. The van der Waals surface area contributed by atoms with Crippen LogP contribution in [0.2, 0.25) is 0 Å². The van der Waals surface area contributed by atoms with Crippen LogP contribution in [0.3, 0.4) is 0 Å². The Morgan fingerprint density at radius 3 is 2.47 bits per heavy atom. The molecule has 0 radical (unpaired) electrons. The van der Waals surface area contributed by atoms with E-state index in [4.69, 9.17) is 15.6 Å². The van der Waals surface area contributed by atoms with Gasteiger partial charge >= 0.3 is 0 Å². The summed E-state index contributed by atoms with van der Waals surface area (Å²) in [5.41, 5.74) is 7.63. The van der Waals surface area contributed by atoms with Crippen LogP contribution in [-0.2, 0) is 6.61 Å². The maximum Gasteiger partial charge on any atom is 0.155 e. The Morgan fingerprint density at radius 1 is 1.21 bits per heavy atom. The third-order valence-electron chi connectivity index (χ3n) is 2.83. The molecule has 0 saturated heterocycles. The number of hydrogen-bond acceptors (Lipinski definition) is 4. The summed E-state index contributed by atoms with van der Waals surface area (Å²) in [7, 11) is 0. The molecule has 0 fully saturated rings. The van der Waals surface area contributed by atoms with Crippen LogP contribution in [0.15, 0.2) is 48.7 Å². The van der Waals surface area contributed by atoms with E-state index in [2.05, 4.69) is 4.98 Å². The fraction of sp³-hybridized carbons (Fsp3) is 0.267. The van der Waals surface area contributed by atoms with Crippen LogP contribution in [-0.4, -0.2) is 16.1 Å². The lowest BCUT2D eigenvalue weighted by molar-refractivity contribution is 0.175. The van der Waals surface area contributed by atoms with Gasteiger partial charge in [-0.2, -0.15) is 0 Å². The summed E-state index contributed by atoms with van der Waals surface area (Å²) in [6.07, 6.45) is 1.43. The van der Waals surface area contributed by atoms with E-state index in [0.29, 0.717) is 5.75 Å². The van der Waals surface area contributed by atoms with Crippen LogP contribution in [0.25, 0.3) is 0 Å². The topological polar surface area (TPSA) is 68.4 Å². The van der Waals surface area contributed by atoms with Gasteiger partial charge in [0.1, 0.15) is 5.75 Å². The molecule has 2 aromatic rings. The molecular formula is C15H18N2O2. The Kier molecular flexibility index (Phi) is 4.49. The van der Waals surface area contributed by atoms with Crippen molar-refractivity contribution in [1.82, 2.24) is 4.98 Å². The first-order valence-corrected chi connectivity index (χ1v) is 6.23. The van der Waals surface area contributed by atoms with Crippen molar-refractivity contribution < 1.29 is 9.84 Å². The summed E-state index contributed by atoms with van der Waals surface area (Å²) in [4.78, 5) is 4.29. The fourth-order valence-electron chi connectivity index (χ4n) is 1.80. The van der Waals surface area contributed by atoms with Crippen LogP contribution in [0.4, 0.5) is 0 Å². The van der Waals surface area contributed by atoms with Crippen molar-refractivity contribution in [1.29, 1.82) is 0 Å². The zero-order chi connectivity index (χ0) is 13.7. The van der Waals surface area contributed by atoms with Crippen molar-refractivity contribution >= 4 is 0 Å². The number of aliphatic hydroxyl groups is 1. The molecule has 4 nitrogen and oxygen atoms in total. The molecule has 1 aromatic heterocycles. The average Bonchev–Trinajstić information content (AvgIpc) is 2.46. The van der Waals surface area contributed by atoms with E-state index in [0.717, 1.165) is 11.3 Å². The van der Waals surface area contributed by atoms with E-state index in [1.807, 2.05) is 49.4 Å². The molecule has 0 saturated carbocycles. The lowest BCUT2D eigenvalue weighted by atomic mass is 10.1. The minimum Gasteiger partial charge on any atom is -0.483 e. The first kappa shape index (κ1) is 13.5. The third kappa shape index (κ3) is 3.53. The lowest BCUT2D eigenvalue weighted by Gasteiger charge is -2.22. The smallest absolute Gasteiger partial charge is 0.155 e. The second-order valence-corrected chi connectivity index (χ2v) is 4.45. The largest absolute Gasteiger partial charge is 0.483 e. The van der Waals surface area contributed by atoms with Gasteiger partial charge in [-0.25, -0.2) is 0 Å². The maximum atomic E-state index is 9.01. The highest BCUT2D eigenvalue weighted by atomic mass is 16.5. The average molecular weight is 258 g/mol. The minimum atomic E-state index is -0.291. The molecule has 100 valence electrons. The first-order valence-electron chi connectivity index (χ1n) is 6.23. The van der Waals surface area contributed by atoms with E-state index in [9.17, 15) is 0 Å². The van der Waals surface area contributed by atoms with E-state index >= 15 is 0 Å². The highest BCUT2D eigenvalue weighted by molar-refractivity contribution is 5.27. The molecule has 0 bridgehead atoms. The number of ether oxygens (including phenoxy) is 1. The van der Waals surface area contributed by atoms with Crippen molar-refractivity contribution in [3.63, 3.8) is 0 Å². The molecule has 0 spiro atoms. The zero-order valence-corrected chi connectivity index (χ0v) is 10.9. The Balaban J connectivity index is 2.17. The Morgan fingerprint density at radius 2 is 1.95 bits per heavy atom. The summed E-state index contributed by atoms with van der Waals surface area (Å²) >= 11 is 0. The van der Waals surface area contributed by atoms with E-state index in [1.54, 1.807) is 6.20 Å². The van der Waals surface area contributed by atoms with Crippen molar-refractivity contribution in [2.45, 2.75) is 25.7 Å². The number of rotatable bonds is 5. The summed E-state index contributed by atoms with van der Waals surface area (Å²) in [5.74, 6) is 0.713. The standard InChI is InChI=1S/C15H18N2O2/c1-11(16)15(14-4-2-3-9-17-14)19-13-7-5-12(10-18)6-8-13/h2-9,11,15,18H,10,16H2,1H3. The van der Waals surface area contributed by atoms with Crippen molar-refractivity contribution in [3.8, 4) is 5.75 Å². The summed E-state index contributed by atoms with van der Waals surface area (Å²) in [6, 6.07) is 12.8. The van der Waals surface area contributed by atoms with Gasteiger partial charge in [0, 0.05) is 12.2 Å². The number of hydrogen-bond donors (Lipinski definition) is 2. The molecule has 3 N–H and O–H groups in total. The predicted octanol–water partition coefficient (Wildman–Crippen LogP) is 2.04. The zero-order valence-electron chi connectivity index (χ0n) is 10.9. The normalized spacial score (nSPS) is 13.8. The quantitative estimate of drug-likeness (QED) is 0.861. The van der Waals surface area contributed by atoms with Gasteiger partial charge in [-0.1, -0.05) is 18.2 Å². The van der Waals surface area contributed by atoms with Gasteiger partial charge in [0.25, 0.3) is 0 Å². The van der Waals surface area contributed by atoms with Gasteiger partial charge in [0.05, 0.1) is 12.3 Å². The summed E-state index contributed by atoms with van der Waals surface area (Å²) in [6.45, 7) is 1.92. The first-order chi connectivity index (χ1) is 9.20. The van der Waals surface area contributed by atoms with Gasteiger partial charge in [-0.05, 0) is 36.8 Å². The van der Waals surface area contributed by atoms with E-state index in [1.165, 1.54) is 0 Å². The molecule has 4 heteroatoms. The van der Waals surface area contributed by atoms with Crippen molar-refractivity contribution in [2.75, 3.05) is 0 Å². The van der Waals surface area contributed by atoms with Crippen LogP contribution < -0.4 is 10.5 Å². The number of nitrogens with two attached hydrogens (primary N) is 1. The fourth-order valence-corrected chi connectivity index (χ4v) is 1.80. The number of nitrogens with zero attached hydrogens (tertiary/aromatic N) is 1. The van der Waals surface area contributed by atoms with Crippen LogP contribution in [0, 0.1) is 0 Å². The van der Waals surface area contributed by atoms with Crippen LogP contribution in [0.5, 0.6) is 5.75 Å². The molecule has 2 atom stereocenters. The highest BCUT2D eigenvalue weighted by Crippen LogP contribution is 2.23. The Hall–Kier alpha value is -1.91. The Bertz CT molecular complexity index is 497. The van der Waals surface area contributed by atoms with Crippen LogP contribution >= 0.6 is 0 Å². The van der Waals surface area contributed by atoms with E-state index < -0.39 is 0 Å². The maximum absolute atomic E-state index is 9.01. The molecule has 2 unspecified atom stereocenters. The van der Waals surface area contributed by atoms with Gasteiger partial charge < -0.3 is 15.6 Å². The summed E-state index contributed by atoms with van der Waals surface area (Å²) < 4.78 is 5.89. The molecule has 0 amide bonds. The predicted molar refractivity (Wildman–Crippen MR) is 73.6 cm³/mol. The Labute approximate surface area is 112 Å². The van der Waals surface area contributed by atoms with Gasteiger partial charge in [0.2, 0.25) is 0 Å². The third-order valence-corrected chi connectivity index (χ3v) is 2.83. The number of aromatic nitrogens is 1.